The Balaban J connectivity index is 1.35. The van der Waals surface area contributed by atoms with Gasteiger partial charge in [-0.2, -0.15) is 0 Å². The topological polar surface area (TPSA) is 76.7 Å². The van der Waals surface area contributed by atoms with Crippen LogP contribution in [0.25, 0.3) is 0 Å². The van der Waals surface area contributed by atoms with Crippen molar-refractivity contribution in [2.45, 2.75) is 17.4 Å². The molecule has 2 aromatic rings. The Kier molecular flexibility index (Phi) is 4.89. The maximum Gasteiger partial charge on any atom is 0.251 e. The molecule has 2 aliphatic rings. The second-order valence-electron chi connectivity index (χ2n) is 6.17. The lowest BCUT2D eigenvalue weighted by molar-refractivity contribution is -0.120. The molecule has 2 heterocycles. The highest BCUT2D eigenvalue weighted by molar-refractivity contribution is 7.99. The third-order valence-corrected chi connectivity index (χ3v) is 5.56. The number of thioether (sulfide) groups is 1. The summed E-state index contributed by atoms with van der Waals surface area (Å²) in [5, 5.41) is 5.46. The molecule has 27 heavy (non-hydrogen) atoms. The third-order valence-electron chi connectivity index (χ3n) is 4.41. The number of carbonyl (C=O) groups is 2. The second kappa shape index (κ2) is 7.48. The van der Waals surface area contributed by atoms with E-state index in [0.29, 0.717) is 28.4 Å². The summed E-state index contributed by atoms with van der Waals surface area (Å²) in [6.45, 7) is -0.0356. The zero-order valence-corrected chi connectivity index (χ0v) is 15.1. The van der Waals surface area contributed by atoms with Crippen LogP contribution < -0.4 is 20.1 Å². The minimum absolute atomic E-state index is 0.130. The number of nitrogens with one attached hydrogen (secondary N) is 2. The van der Waals surface area contributed by atoms with Gasteiger partial charge in [-0.05, 0) is 36.2 Å². The smallest absolute Gasteiger partial charge is 0.251 e. The number of amides is 2. The molecular formula is C19H17FN2O4S. The van der Waals surface area contributed by atoms with E-state index in [2.05, 4.69) is 10.6 Å². The van der Waals surface area contributed by atoms with E-state index in [0.717, 1.165) is 11.3 Å². The predicted octanol–water partition coefficient (Wildman–Crippen LogP) is 2.64. The summed E-state index contributed by atoms with van der Waals surface area (Å²) in [4.78, 5) is 25.1. The molecule has 2 aliphatic heterocycles. The number of halogens is 1. The monoisotopic (exact) mass is 388 g/mol. The number of fused-ring (bicyclic) bond motifs is 2. The van der Waals surface area contributed by atoms with Gasteiger partial charge in [-0.3, -0.25) is 9.59 Å². The lowest BCUT2D eigenvalue weighted by Gasteiger charge is -2.26. The van der Waals surface area contributed by atoms with Crippen molar-refractivity contribution in [3.63, 3.8) is 0 Å². The zero-order valence-electron chi connectivity index (χ0n) is 14.3. The molecule has 2 N–H and O–H groups in total. The summed E-state index contributed by atoms with van der Waals surface area (Å²) in [5.74, 6) is 0.844. The highest BCUT2D eigenvalue weighted by Gasteiger charge is 2.24. The van der Waals surface area contributed by atoms with Gasteiger partial charge < -0.3 is 20.1 Å². The first-order valence-corrected chi connectivity index (χ1v) is 9.49. The Hall–Kier alpha value is -2.74. The number of hydrogen-bond acceptors (Lipinski definition) is 5. The Morgan fingerprint density at radius 3 is 2.93 bits per heavy atom. The van der Waals surface area contributed by atoms with Crippen molar-refractivity contribution < 1.29 is 23.5 Å². The minimum Gasteiger partial charge on any atom is -0.454 e. The summed E-state index contributed by atoms with van der Waals surface area (Å²) in [5.41, 5.74) is 1.16. The number of carbonyl (C=O) groups excluding carboxylic acids is 2. The number of rotatable bonds is 4. The molecule has 4 rings (SSSR count). The van der Waals surface area contributed by atoms with Gasteiger partial charge in [0.05, 0.1) is 12.6 Å². The molecular weight excluding hydrogens is 371 g/mol. The van der Waals surface area contributed by atoms with Crippen molar-refractivity contribution in [2.24, 2.45) is 0 Å². The van der Waals surface area contributed by atoms with E-state index < -0.39 is 0 Å². The van der Waals surface area contributed by atoms with Crippen LogP contribution in [0.15, 0.2) is 41.3 Å². The normalized spacial score (nSPS) is 17.1. The van der Waals surface area contributed by atoms with E-state index in [1.165, 1.54) is 17.8 Å². The van der Waals surface area contributed by atoms with Gasteiger partial charge >= 0.3 is 0 Å². The van der Waals surface area contributed by atoms with Crippen LogP contribution in [-0.4, -0.2) is 30.9 Å². The Bertz CT molecular complexity index is 905. The third kappa shape index (κ3) is 3.71. The van der Waals surface area contributed by atoms with Crippen molar-refractivity contribution in [3.05, 3.63) is 53.3 Å². The highest BCUT2D eigenvalue weighted by Crippen LogP contribution is 2.37. The molecule has 0 radical (unpaired) electrons. The van der Waals surface area contributed by atoms with E-state index in [9.17, 15) is 14.0 Å². The van der Waals surface area contributed by atoms with Crippen LogP contribution in [0.2, 0.25) is 0 Å². The van der Waals surface area contributed by atoms with Crippen molar-refractivity contribution in [1.29, 1.82) is 0 Å². The van der Waals surface area contributed by atoms with Gasteiger partial charge in [-0.25, -0.2) is 4.39 Å². The fourth-order valence-electron chi connectivity index (χ4n) is 3.08. The van der Waals surface area contributed by atoms with Gasteiger partial charge in [0, 0.05) is 16.2 Å². The number of benzene rings is 2. The van der Waals surface area contributed by atoms with Gasteiger partial charge in [0.1, 0.15) is 5.82 Å². The van der Waals surface area contributed by atoms with Crippen LogP contribution in [0.5, 0.6) is 11.5 Å². The molecule has 0 fully saturated rings. The predicted molar refractivity (Wildman–Crippen MR) is 97.5 cm³/mol. The van der Waals surface area contributed by atoms with Gasteiger partial charge in [-0.1, -0.05) is 12.1 Å². The molecule has 0 unspecified atom stereocenters. The summed E-state index contributed by atoms with van der Waals surface area (Å²) in [7, 11) is 0. The molecule has 6 nitrogen and oxygen atoms in total. The van der Waals surface area contributed by atoms with Crippen molar-refractivity contribution in [1.82, 2.24) is 10.6 Å². The van der Waals surface area contributed by atoms with Gasteiger partial charge in [0.25, 0.3) is 5.91 Å². The SMILES string of the molecule is O=C(CNC(=O)c1ccc2c(c1)OCO2)N[C@H]1CCSc2c(F)cccc21. The molecule has 1 atom stereocenters. The number of ether oxygens (including phenoxy) is 2. The largest absolute Gasteiger partial charge is 0.454 e. The van der Waals surface area contributed by atoms with Crippen LogP contribution in [0, 0.1) is 5.82 Å². The molecule has 2 amide bonds. The van der Waals surface area contributed by atoms with E-state index >= 15 is 0 Å². The first kappa shape index (κ1) is 17.7. The lowest BCUT2D eigenvalue weighted by atomic mass is 10.0. The molecule has 140 valence electrons. The van der Waals surface area contributed by atoms with Crippen LogP contribution in [-0.2, 0) is 4.79 Å². The van der Waals surface area contributed by atoms with Gasteiger partial charge in [0.2, 0.25) is 12.7 Å². The fraction of sp³-hybridized carbons (Fsp3) is 0.263. The van der Waals surface area contributed by atoms with Crippen LogP contribution >= 0.6 is 11.8 Å². The van der Waals surface area contributed by atoms with E-state index in [4.69, 9.17) is 9.47 Å². The summed E-state index contributed by atoms with van der Waals surface area (Å²) in [6.07, 6.45) is 0.711. The molecule has 0 aliphatic carbocycles. The van der Waals surface area contributed by atoms with E-state index in [-0.39, 0.29) is 37.0 Å². The lowest BCUT2D eigenvalue weighted by Crippen LogP contribution is -2.39. The van der Waals surface area contributed by atoms with Gasteiger partial charge in [-0.15, -0.1) is 11.8 Å². The number of hydrogen-bond donors (Lipinski definition) is 2. The van der Waals surface area contributed by atoms with Crippen molar-refractivity contribution >= 4 is 23.6 Å². The molecule has 8 heteroatoms. The maximum absolute atomic E-state index is 13.9. The van der Waals surface area contributed by atoms with E-state index in [1.54, 1.807) is 24.3 Å². The second-order valence-corrected chi connectivity index (χ2v) is 7.27. The van der Waals surface area contributed by atoms with Gasteiger partial charge in [0.15, 0.2) is 11.5 Å². The molecule has 0 saturated carbocycles. The molecule has 0 bridgehead atoms. The molecule has 2 aromatic carbocycles. The minimum atomic E-state index is -0.380. The Morgan fingerprint density at radius 1 is 1.19 bits per heavy atom. The molecule has 0 saturated heterocycles. The van der Waals surface area contributed by atoms with Crippen LogP contribution in [0.4, 0.5) is 4.39 Å². The van der Waals surface area contributed by atoms with E-state index in [1.807, 2.05) is 6.07 Å². The first-order chi connectivity index (χ1) is 13.1. The Labute approximate surface area is 159 Å². The fourth-order valence-corrected chi connectivity index (χ4v) is 4.22. The van der Waals surface area contributed by atoms with Crippen molar-refractivity contribution in [3.8, 4) is 11.5 Å². The summed E-state index contributed by atoms with van der Waals surface area (Å²) in [6, 6.07) is 9.46. The Morgan fingerprint density at radius 2 is 2.04 bits per heavy atom. The summed E-state index contributed by atoms with van der Waals surface area (Å²) < 4.78 is 24.4. The average molecular weight is 388 g/mol. The average Bonchev–Trinajstić information content (AvgIpc) is 3.15. The zero-order chi connectivity index (χ0) is 18.8. The maximum atomic E-state index is 13.9. The molecule has 0 spiro atoms. The van der Waals surface area contributed by atoms with Crippen molar-refractivity contribution in [2.75, 3.05) is 19.1 Å². The highest BCUT2D eigenvalue weighted by atomic mass is 32.2. The standard InChI is InChI=1S/C19H17FN2O4S/c20-13-3-1-2-12-14(6-7-27-18(12)13)22-17(23)9-21-19(24)11-4-5-15-16(8-11)26-10-25-15/h1-5,8,14H,6-7,9-10H2,(H,21,24)(H,22,23)/t14-/m0/s1. The first-order valence-electron chi connectivity index (χ1n) is 8.50. The summed E-state index contributed by atoms with van der Waals surface area (Å²) >= 11 is 1.45. The van der Waals surface area contributed by atoms with Crippen LogP contribution in [0.3, 0.4) is 0 Å². The van der Waals surface area contributed by atoms with Crippen LogP contribution in [0.1, 0.15) is 28.4 Å². The quantitative estimate of drug-likeness (QED) is 0.842. The molecule has 0 aromatic heterocycles.